The highest BCUT2D eigenvalue weighted by Crippen LogP contribution is 2.54. The standard InChI is InChI=1S/C55H38N2O/c1-55(2)48-18-10-8-16-43(48)44-30-31-46-45-32-33-50-51(47-17-9-11-19-49(47)58-50)53(45)57(54(46)52(44)55)41-27-22-37(23-28-41)36-20-25-40(26-21-36)56(39-14-4-3-5-15-39)42-29-24-35-12-6-7-13-38(35)34-42/h3-34H,1-2H3. The molecular weight excluding hydrogens is 705 g/mol. The molecule has 0 saturated carbocycles. The molecule has 0 spiro atoms. The third-order valence-corrected chi connectivity index (χ3v) is 12.5. The van der Waals surface area contributed by atoms with E-state index >= 15 is 0 Å². The van der Waals surface area contributed by atoms with Gasteiger partial charge in [-0.1, -0.05) is 141 Å². The minimum Gasteiger partial charge on any atom is -0.456 e. The SMILES string of the molecule is CC1(C)c2ccccc2-c2ccc3c4ccc5oc6ccccc6c5c4n(-c4ccc(-c5ccc(N(c6ccccc6)c6ccc7ccccc7c6)cc5)cc4)c3c21. The molecule has 2 aromatic heterocycles. The summed E-state index contributed by atoms with van der Waals surface area (Å²) in [4.78, 5) is 2.33. The molecule has 274 valence electrons. The van der Waals surface area contributed by atoms with E-state index < -0.39 is 0 Å². The fourth-order valence-electron chi connectivity index (χ4n) is 9.86. The summed E-state index contributed by atoms with van der Waals surface area (Å²) in [6.07, 6.45) is 0. The van der Waals surface area contributed by atoms with Crippen molar-refractivity contribution >= 4 is 71.6 Å². The van der Waals surface area contributed by atoms with E-state index in [0.717, 1.165) is 44.7 Å². The molecule has 9 aromatic carbocycles. The first kappa shape index (κ1) is 32.8. The van der Waals surface area contributed by atoms with Crippen LogP contribution in [0.4, 0.5) is 17.1 Å². The van der Waals surface area contributed by atoms with Crippen LogP contribution in [0.2, 0.25) is 0 Å². The molecule has 12 rings (SSSR count). The first-order valence-corrected chi connectivity index (χ1v) is 20.1. The number of hydrogen-bond donors (Lipinski definition) is 0. The molecule has 2 heterocycles. The third kappa shape index (κ3) is 4.74. The van der Waals surface area contributed by atoms with Crippen LogP contribution in [0.5, 0.6) is 0 Å². The van der Waals surface area contributed by atoms with Crippen LogP contribution in [0.15, 0.2) is 199 Å². The number of anilines is 3. The van der Waals surface area contributed by atoms with Crippen molar-refractivity contribution in [3.8, 4) is 27.9 Å². The topological polar surface area (TPSA) is 21.3 Å². The Morgan fingerprint density at radius 1 is 0.448 bits per heavy atom. The Bertz CT molecular complexity index is 3400. The number of para-hydroxylation sites is 2. The van der Waals surface area contributed by atoms with Crippen molar-refractivity contribution in [2.75, 3.05) is 4.90 Å². The number of nitrogens with zero attached hydrogens (tertiary/aromatic N) is 2. The number of rotatable bonds is 5. The molecule has 0 fully saturated rings. The second-order valence-electron chi connectivity index (χ2n) is 16.1. The summed E-state index contributed by atoms with van der Waals surface area (Å²) in [5, 5.41) is 7.24. The molecule has 3 heteroatoms. The van der Waals surface area contributed by atoms with Crippen molar-refractivity contribution in [3.63, 3.8) is 0 Å². The smallest absolute Gasteiger partial charge is 0.137 e. The number of benzene rings is 9. The van der Waals surface area contributed by atoms with Crippen molar-refractivity contribution in [2.45, 2.75) is 19.3 Å². The minimum absolute atomic E-state index is 0.183. The zero-order valence-electron chi connectivity index (χ0n) is 32.3. The van der Waals surface area contributed by atoms with Gasteiger partial charge in [-0.2, -0.15) is 0 Å². The maximum Gasteiger partial charge on any atom is 0.137 e. The lowest BCUT2D eigenvalue weighted by molar-refractivity contribution is 0.664. The van der Waals surface area contributed by atoms with Crippen LogP contribution < -0.4 is 4.90 Å². The van der Waals surface area contributed by atoms with Gasteiger partial charge in [-0.15, -0.1) is 0 Å². The van der Waals surface area contributed by atoms with E-state index in [1.807, 2.05) is 0 Å². The second-order valence-corrected chi connectivity index (χ2v) is 16.1. The van der Waals surface area contributed by atoms with E-state index in [1.54, 1.807) is 0 Å². The van der Waals surface area contributed by atoms with Gasteiger partial charge in [0.15, 0.2) is 0 Å². The van der Waals surface area contributed by atoms with Crippen molar-refractivity contribution in [1.29, 1.82) is 0 Å². The molecule has 58 heavy (non-hydrogen) atoms. The summed E-state index contributed by atoms with van der Waals surface area (Å²) in [6, 6.07) is 70.4. The lowest BCUT2D eigenvalue weighted by atomic mass is 9.81. The average Bonchev–Trinajstić information content (AvgIpc) is 3.90. The van der Waals surface area contributed by atoms with Gasteiger partial charge < -0.3 is 13.9 Å². The molecule has 0 atom stereocenters. The molecule has 1 aliphatic carbocycles. The van der Waals surface area contributed by atoms with Gasteiger partial charge >= 0.3 is 0 Å². The third-order valence-electron chi connectivity index (χ3n) is 12.5. The van der Waals surface area contributed by atoms with Crippen LogP contribution >= 0.6 is 0 Å². The van der Waals surface area contributed by atoms with Crippen molar-refractivity contribution in [2.24, 2.45) is 0 Å². The summed E-state index contributed by atoms with van der Waals surface area (Å²) >= 11 is 0. The van der Waals surface area contributed by atoms with Crippen LogP contribution in [0.1, 0.15) is 25.0 Å². The Balaban J connectivity index is 1.02. The number of furan rings is 1. The van der Waals surface area contributed by atoms with E-state index in [1.165, 1.54) is 66.0 Å². The zero-order valence-corrected chi connectivity index (χ0v) is 32.3. The Hall–Kier alpha value is -7.36. The second kappa shape index (κ2) is 12.3. The van der Waals surface area contributed by atoms with Gasteiger partial charge in [0.2, 0.25) is 0 Å². The first-order valence-electron chi connectivity index (χ1n) is 20.1. The molecule has 1 aliphatic rings. The maximum atomic E-state index is 6.49. The van der Waals surface area contributed by atoms with E-state index in [-0.39, 0.29) is 5.41 Å². The monoisotopic (exact) mass is 742 g/mol. The van der Waals surface area contributed by atoms with E-state index in [2.05, 4.69) is 217 Å². The Labute approximate surface area is 336 Å². The molecule has 11 aromatic rings. The van der Waals surface area contributed by atoms with E-state index in [9.17, 15) is 0 Å². The predicted octanol–water partition coefficient (Wildman–Crippen LogP) is 15.3. The molecule has 3 nitrogen and oxygen atoms in total. The van der Waals surface area contributed by atoms with Crippen LogP contribution in [0.3, 0.4) is 0 Å². The fourth-order valence-corrected chi connectivity index (χ4v) is 9.86. The largest absolute Gasteiger partial charge is 0.456 e. The molecule has 0 N–H and O–H groups in total. The highest BCUT2D eigenvalue weighted by atomic mass is 16.3. The van der Waals surface area contributed by atoms with Gasteiger partial charge in [0.05, 0.1) is 16.4 Å². The summed E-state index contributed by atoms with van der Waals surface area (Å²) in [6.45, 7) is 4.77. The lowest BCUT2D eigenvalue weighted by Crippen LogP contribution is -2.16. The number of hydrogen-bond acceptors (Lipinski definition) is 2. The number of aromatic nitrogens is 1. The van der Waals surface area contributed by atoms with Gasteiger partial charge in [-0.3, -0.25) is 0 Å². The Kier molecular flexibility index (Phi) is 6.98. The highest BCUT2D eigenvalue weighted by molar-refractivity contribution is 6.25. The van der Waals surface area contributed by atoms with Gasteiger partial charge in [-0.05, 0) is 111 Å². The first-order chi connectivity index (χ1) is 28.5. The molecule has 0 radical (unpaired) electrons. The van der Waals surface area contributed by atoms with Crippen LogP contribution in [0, 0.1) is 0 Å². The van der Waals surface area contributed by atoms with Gasteiger partial charge in [0.25, 0.3) is 0 Å². The Morgan fingerprint density at radius 3 is 1.91 bits per heavy atom. The normalized spacial score (nSPS) is 13.1. The van der Waals surface area contributed by atoms with E-state index in [4.69, 9.17) is 4.42 Å². The fraction of sp³-hybridized carbons (Fsp3) is 0.0545. The lowest BCUT2D eigenvalue weighted by Gasteiger charge is -2.26. The molecular formula is C55H38N2O. The predicted molar refractivity (Wildman–Crippen MR) is 243 cm³/mol. The van der Waals surface area contributed by atoms with Gasteiger partial charge in [0, 0.05) is 44.3 Å². The number of fused-ring (bicyclic) bond motifs is 12. The van der Waals surface area contributed by atoms with Gasteiger partial charge in [-0.25, -0.2) is 0 Å². The van der Waals surface area contributed by atoms with Crippen molar-refractivity contribution in [3.05, 3.63) is 205 Å². The highest BCUT2D eigenvalue weighted by Gasteiger charge is 2.38. The van der Waals surface area contributed by atoms with Crippen LogP contribution in [-0.2, 0) is 5.41 Å². The molecule has 0 bridgehead atoms. The minimum atomic E-state index is -0.183. The van der Waals surface area contributed by atoms with Crippen LogP contribution in [-0.4, -0.2) is 4.57 Å². The van der Waals surface area contributed by atoms with Gasteiger partial charge in [0.1, 0.15) is 11.2 Å². The summed E-state index contributed by atoms with van der Waals surface area (Å²) < 4.78 is 9.02. The molecule has 0 saturated heterocycles. The maximum absolute atomic E-state index is 6.49. The quantitative estimate of drug-likeness (QED) is 0.175. The Morgan fingerprint density at radius 2 is 1.09 bits per heavy atom. The van der Waals surface area contributed by atoms with Crippen molar-refractivity contribution in [1.82, 2.24) is 4.57 Å². The summed E-state index contributed by atoms with van der Waals surface area (Å²) in [5.74, 6) is 0. The zero-order chi connectivity index (χ0) is 38.5. The van der Waals surface area contributed by atoms with E-state index in [0.29, 0.717) is 0 Å². The summed E-state index contributed by atoms with van der Waals surface area (Å²) in [5.41, 5.74) is 16.3. The molecule has 0 aliphatic heterocycles. The average molecular weight is 743 g/mol. The molecule has 0 amide bonds. The molecule has 0 unspecified atom stereocenters. The van der Waals surface area contributed by atoms with Crippen molar-refractivity contribution < 1.29 is 4.42 Å². The van der Waals surface area contributed by atoms with Crippen LogP contribution in [0.25, 0.3) is 82.5 Å². The summed E-state index contributed by atoms with van der Waals surface area (Å²) in [7, 11) is 0.